The third-order valence-corrected chi connectivity index (χ3v) is 9.25. The van der Waals surface area contributed by atoms with Gasteiger partial charge in [0.2, 0.25) is 5.91 Å². The van der Waals surface area contributed by atoms with Gasteiger partial charge < -0.3 is 19.3 Å². The second-order valence-electron chi connectivity index (χ2n) is 14.6. The fraction of sp³-hybridized carbons (Fsp3) is 0.750. The van der Waals surface area contributed by atoms with E-state index in [4.69, 9.17) is 9.47 Å². The predicted molar refractivity (Wildman–Crippen MR) is 214 cm³/mol. The second kappa shape index (κ2) is 33.2. The lowest BCUT2D eigenvalue weighted by molar-refractivity contribution is -0.164. The highest BCUT2D eigenvalue weighted by Crippen LogP contribution is 2.20. The zero-order valence-corrected chi connectivity index (χ0v) is 33.3. The van der Waals surface area contributed by atoms with Gasteiger partial charge in [0.25, 0.3) is 0 Å². The van der Waals surface area contributed by atoms with E-state index >= 15 is 0 Å². The highest BCUT2D eigenvalue weighted by atomic mass is 16.6. The number of rotatable bonds is 32. The Kier molecular flexibility index (Phi) is 30.2. The molecule has 7 nitrogen and oxygen atoms in total. The molecular weight excluding hydrogens is 636 g/mol. The first kappa shape index (κ1) is 46.4. The summed E-state index contributed by atoms with van der Waals surface area (Å²) in [5, 5.41) is 0. The van der Waals surface area contributed by atoms with Crippen LogP contribution in [0.25, 0.3) is 0 Å². The normalized spacial score (nSPS) is 16.5. The van der Waals surface area contributed by atoms with E-state index in [0.717, 1.165) is 77.0 Å². The molecule has 1 aliphatic rings. The molecule has 0 aromatic carbocycles. The Morgan fingerprint density at radius 3 is 1.25 bits per heavy atom. The van der Waals surface area contributed by atoms with E-state index in [1.54, 1.807) is 4.90 Å². The molecule has 1 saturated heterocycles. The second-order valence-corrected chi connectivity index (χ2v) is 14.6. The Bertz CT molecular complexity index is 933. The summed E-state index contributed by atoms with van der Waals surface area (Å²) in [5.74, 6) is -0.605. The van der Waals surface area contributed by atoms with Crippen molar-refractivity contribution < 1.29 is 23.9 Å². The maximum atomic E-state index is 12.8. The summed E-state index contributed by atoms with van der Waals surface area (Å²) in [6.45, 7) is 5.27. The summed E-state index contributed by atoms with van der Waals surface area (Å²) in [6.07, 6.45) is 42.4. The summed E-state index contributed by atoms with van der Waals surface area (Å²) in [4.78, 5) is 41.7. The van der Waals surface area contributed by atoms with Crippen LogP contribution < -0.4 is 0 Å². The third-order valence-electron chi connectivity index (χ3n) is 9.25. The molecule has 51 heavy (non-hydrogen) atoms. The molecule has 2 atom stereocenters. The molecule has 1 amide bonds. The van der Waals surface area contributed by atoms with E-state index < -0.39 is 12.2 Å². The topological polar surface area (TPSA) is 76.2 Å². The number of carbonyl (C=O) groups is 3. The molecule has 1 aliphatic heterocycles. The number of hydrogen-bond donors (Lipinski definition) is 0. The van der Waals surface area contributed by atoms with Crippen LogP contribution in [0.4, 0.5) is 0 Å². The van der Waals surface area contributed by atoms with Gasteiger partial charge in [-0.3, -0.25) is 14.4 Å². The van der Waals surface area contributed by atoms with E-state index in [-0.39, 0.29) is 37.5 Å². The van der Waals surface area contributed by atoms with Crippen LogP contribution >= 0.6 is 0 Å². The van der Waals surface area contributed by atoms with E-state index in [0.29, 0.717) is 12.8 Å². The van der Waals surface area contributed by atoms with E-state index in [2.05, 4.69) is 62.5 Å². The van der Waals surface area contributed by atoms with Crippen molar-refractivity contribution in [3.63, 3.8) is 0 Å². The van der Waals surface area contributed by atoms with Crippen LogP contribution in [0.2, 0.25) is 0 Å². The number of likely N-dealkylation sites (N-methyl/N-ethyl adjacent to an activating group) is 1. The summed E-state index contributed by atoms with van der Waals surface area (Å²) in [7, 11) is 3.69. The van der Waals surface area contributed by atoms with Crippen molar-refractivity contribution in [1.82, 2.24) is 9.80 Å². The predicted octanol–water partition coefficient (Wildman–Crippen LogP) is 10.8. The fourth-order valence-electron chi connectivity index (χ4n) is 6.16. The maximum absolute atomic E-state index is 12.8. The Labute approximate surface area is 313 Å². The minimum absolute atomic E-state index is 0.0537. The molecule has 0 N–H and O–H groups in total. The van der Waals surface area contributed by atoms with Crippen molar-refractivity contribution in [1.29, 1.82) is 0 Å². The average molecular weight is 713 g/mol. The highest BCUT2D eigenvalue weighted by molar-refractivity contribution is 5.79. The first-order valence-electron chi connectivity index (χ1n) is 20.8. The number of carbonyl (C=O) groups excluding carboxylic acids is 3. The zero-order valence-electron chi connectivity index (χ0n) is 33.3. The number of hydrogen-bond acceptors (Lipinski definition) is 6. The fourth-order valence-corrected chi connectivity index (χ4v) is 6.16. The molecule has 0 spiro atoms. The van der Waals surface area contributed by atoms with Crippen molar-refractivity contribution in [2.75, 3.05) is 33.7 Å². The van der Waals surface area contributed by atoms with Crippen LogP contribution in [0.5, 0.6) is 0 Å². The zero-order chi connectivity index (χ0) is 37.2. The van der Waals surface area contributed by atoms with Crippen molar-refractivity contribution in [3.8, 4) is 0 Å². The van der Waals surface area contributed by atoms with Crippen molar-refractivity contribution in [3.05, 3.63) is 48.6 Å². The third kappa shape index (κ3) is 27.6. The van der Waals surface area contributed by atoms with Crippen molar-refractivity contribution >= 4 is 17.8 Å². The van der Waals surface area contributed by atoms with Crippen molar-refractivity contribution in [2.45, 2.75) is 180 Å². The number of amides is 1. The van der Waals surface area contributed by atoms with Crippen LogP contribution in [0.3, 0.4) is 0 Å². The molecule has 1 fully saturated rings. The molecule has 7 heteroatoms. The smallest absolute Gasteiger partial charge is 0.306 e. The summed E-state index contributed by atoms with van der Waals surface area (Å²) in [6, 6.07) is 0. The Balaban J connectivity index is 2.28. The first-order chi connectivity index (χ1) is 24.9. The number of ether oxygens (including phenoxy) is 2. The number of allylic oxidation sites excluding steroid dienone is 8. The standard InChI is InChI=1S/C44H76N2O5/c1-5-7-9-11-13-15-17-19-21-23-25-27-29-31-33-35-43(48)50-40-37-46(42(47)39-45(3)4)38-41(40)51-44(49)36-34-32-30-28-26-24-22-20-18-16-14-12-10-8-6-2/h13-16,19-22,40-41H,5-12,17-18,23-39H2,1-4H3. The van der Waals surface area contributed by atoms with Crippen LogP contribution in [0.15, 0.2) is 48.6 Å². The molecule has 1 rings (SSSR count). The van der Waals surface area contributed by atoms with Gasteiger partial charge >= 0.3 is 11.9 Å². The summed E-state index contributed by atoms with van der Waals surface area (Å²) in [5.41, 5.74) is 0. The largest absolute Gasteiger partial charge is 0.456 e. The van der Waals surface area contributed by atoms with Crippen molar-refractivity contribution in [2.24, 2.45) is 0 Å². The van der Waals surface area contributed by atoms with Gasteiger partial charge in [-0.15, -0.1) is 0 Å². The molecule has 0 saturated carbocycles. The van der Waals surface area contributed by atoms with E-state index in [9.17, 15) is 14.4 Å². The van der Waals surface area contributed by atoms with E-state index in [1.165, 1.54) is 64.2 Å². The van der Waals surface area contributed by atoms with Gasteiger partial charge in [0.15, 0.2) is 12.2 Å². The Morgan fingerprint density at radius 2 is 0.882 bits per heavy atom. The molecule has 1 heterocycles. The van der Waals surface area contributed by atoms with Gasteiger partial charge in [-0.1, -0.05) is 127 Å². The van der Waals surface area contributed by atoms with Crippen LogP contribution in [0, 0.1) is 0 Å². The van der Waals surface area contributed by atoms with Gasteiger partial charge in [-0.05, 0) is 91.1 Å². The lowest BCUT2D eigenvalue weighted by Crippen LogP contribution is -2.37. The number of unbranched alkanes of at least 4 members (excludes halogenated alkanes) is 16. The SMILES string of the molecule is CCCCCC=CCC=CCCCCCCCC(=O)OC1CN(C(=O)CN(C)C)CC1OC(=O)CCCCCCCC=CCC=CCCCCC. The minimum atomic E-state index is -0.616. The molecule has 0 aromatic rings. The van der Waals surface area contributed by atoms with E-state index in [1.807, 2.05) is 19.0 Å². The molecule has 292 valence electrons. The average Bonchev–Trinajstić information content (AvgIpc) is 3.49. The minimum Gasteiger partial charge on any atom is -0.456 e. The Morgan fingerprint density at radius 1 is 0.529 bits per heavy atom. The molecular formula is C44H76N2O5. The highest BCUT2D eigenvalue weighted by Gasteiger charge is 2.40. The quantitative estimate of drug-likeness (QED) is 0.0393. The van der Waals surface area contributed by atoms with Gasteiger partial charge in [0.05, 0.1) is 19.6 Å². The molecule has 0 radical (unpaired) electrons. The monoisotopic (exact) mass is 713 g/mol. The van der Waals surface area contributed by atoms with Crippen LogP contribution in [0.1, 0.15) is 168 Å². The first-order valence-corrected chi connectivity index (χ1v) is 20.8. The summed E-state index contributed by atoms with van der Waals surface area (Å²) >= 11 is 0. The van der Waals surface area contributed by atoms with Gasteiger partial charge in [0, 0.05) is 12.8 Å². The van der Waals surface area contributed by atoms with Gasteiger partial charge in [0.1, 0.15) is 0 Å². The van der Waals surface area contributed by atoms with Crippen LogP contribution in [-0.4, -0.2) is 73.6 Å². The number of esters is 2. The number of nitrogens with zero attached hydrogens (tertiary/aromatic N) is 2. The Hall–Kier alpha value is -2.67. The maximum Gasteiger partial charge on any atom is 0.306 e. The lowest BCUT2D eigenvalue weighted by atomic mass is 10.1. The number of likely N-dealkylation sites (tertiary alicyclic amines) is 1. The van der Waals surface area contributed by atoms with Gasteiger partial charge in [-0.25, -0.2) is 0 Å². The summed E-state index contributed by atoms with van der Waals surface area (Å²) < 4.78 is 11.6. The lowest BCUT2D eigenvalue weighted by Gasteiger charge is -2.19. The van der Waals surface area contributed by atoms with Crippen LogP contribution in [-0.2, 0) is 23.9 Å². The van der Waals surface area contributed by atoms with Gasteiger partial charge in [-0.2, -0.15) is 0 Å². The molecule has 0 aliphatic carbocycles. The molecule has 0 bridgehead atoms. The molecule has 2 unspecified atom stereocenters. The molecule has 0 aromatic heterocycles.